The van der Waals surface area contributed by atoms with Crippen LogP contribution in [0.3, 0.4) is 0 Å². The van der Waals surface area contributed by atoms with Gasteiger partial charge in [-0.05, 0) is 12.0 Å². The maximum Gasteiger partial charge on any atom is 0.0837 e. The first-order valence-corrected chi connectivity index (χ1v) is 5.05. The molecule has 2 N–H and O–H groups in total. The van der Waals surface area contributed by atoms with E-state index in [1.807, 2.05) is 18.2 Å². The van der Waals surface area contributed by atoms with Gasteiger partial charge in [0.2, 0.25) is 0 Å². The largest absolute Gasteiger partial charge is 0.377 e. The van der Waals surface area contributed by atoms with Crippen LogP contribution in [0.25, 0.3) is 0 Å². The molecule has 2 heteroatoms. The van der Waals surface area contributed by atoms with Crippen LogP contribution in [0.5, 0.6) is 0 Å². The molecule has 78 valence electrons. The van der Waals surface area contributed by atoms with E-state index >= 15 is 0 Å². The number of ether oxygens (including phenoxy) is 1. The van der Waals surface area contributed by atoms with Crippen LogP contribution >= 0.6 is 0 Å². The van der Waals surface area contributed by atoms with Crippen molar-refractivity contribution in [1.82, 2.24) is 0 Å². The highest BCUT2D eigenvalue weighted by Crippen LogP contribution is 2.19. The maximum atomic E-state index is 5.75. The molecule has 0 aliphatic rings. The second-order valence-electron chi connectivity index (χ2n) is 3.61. The van der Waals surface area contributed by atoms with Crippen LogP contribution in [0.1, 0.15) is 18.9 Å². The molecule has 1 aromatic carbocycles. The smallest absolute Gasteiger partial charge is 0.0837 e. The van der Waals surface area contributed by atoms with Crippen LogP contribution in [0.15, 0.2) is 30.3 Å². The molecular formula is C12H19NO. The van der Waals surface area contributed by atoms with Crippen LogP contribution in [-0.4, -0.2) is 19.3 Å². The Kier molecular flexibility index (Phi) is 4.11. The van der Waals surface area contributed by atoms with E-state index in [-0.39, 0.29) is 5.60 Å². The third-order valence-corrected chi connectivity index (χ3v) is 2.82. The van der Waals surface area contributed by atoms with E-state index in [1.54, 1.807) is 7.11 Å². The molecule has 0 aromatic heterocycles. The van der Waals surface area contributed by atoms with Gasteiger partial charge in [-0.3, -0.25) is 0 Å². The van der Waals surface area contributed by atoms with Crippen LogP contribution in [0.2, 0.25) is 0 Å². The highest BCUT2D eigenvalue weighted by molar-refractivity contribution is 5.17. The average molecular weight is 193 g/mol. The molecule has 0 saturated heterocycles. The molecule has 0 aliphatic heterocycles. The van der Waals surface area contributed by atoms with Crippen molar-refractivity contribution in [1.29, 1.82) is 0 Å². The molecule has 1 atom stereocenters. The Morgan fingerprint density at radius 3 is 2.36 bits per heavy atom. The van der Waals surface area contributed by atoms with Crippen LogP contribution < -0.4 is 5.73 Å². The van der Waals surface area contributed by atoms with Crippen molar-refractivity contribution in [3.05, 3.63) is 35.9 Å². The number of hydrogen-bond donors (Lipinski definition) is 1. The molecule has 0 amide bonds. The lowest BCUT2D eigenvalue weighted by Crippen LogP contribution is -2.41. The lowest BCUT2D eigenvalue weighted by atomic mass is 9.92. The molecule has 0 radical (unpaired) electrons. The van der Waals surface area contributed by atoms with Crippen molar-refractivity contribution < 1.29 is 4.74 Å². The maximum absolute atomic E-state index is 5.75. The molecule has 0 spiro atoms. The Balaban J connectivity index is 2.74. The Labute approximate surface area is 86.1 Å². The van der Waals surface area contributed by atoms with E-state index in [1.165, 1.54) is 5.56 Å². The summed E-state index contributed by atoms with van der Waals surface area (Å²) in [4.78, 5) is 0. The summed E-state index contributed by atoms with van der Waals surface area (Å²) < 4.78 is 5.52. The number of methoxy groups -OCH3 is 1. The topological polar surface area (TPSA) is 35.2 Å². The van der Waals surface area contributed by atoms with Gasteiger partial charge in [-0.15, -0.1) is 0 Å². The summed E-state index contributed by atoms with van der Waals surface area (Å²) in [5.41, 5.74) is 6.84. The van der Waals surface area contributed by atoms with E-state index < -0.39 is 0 Å². The fraction of sp³-hybridized carbons (Fsp3) is 0.500. The van der Waals surface area contributed by atoms with Crippen molar-refractivity contribution in [2.75, 3.05) is 13.7 Å². The average Bonchev–Trinajstić information content (AvgIpc) is 2.28. The van der Waals surface area contributed by atoms with Crippen molar-refractivity contribution in [3.63, 3.8) is 0 Å². The van der Waals surface area contributed by atoms with E-state index in [0.29, 0.717) is 6.54 Å². The van der Waals surface area contributed by atoms with Gasteiger partial charge in [0.05, 0.1) is 5.60 Å². The lowest BCUT2D eigenvalue weighted by molar-refractivity contribution is -0.00535. The van der Waals surface area contributed by atoms with Crippen LogP contribution in [-0.2, 0) is 11.2 Å². The summed E-state index contributed by atoms with van der Waals surface area (Å²) in [6, 6.07) is 10.3. The van der Waals surface area contributed by atoms with E-state index in [9.17, 15) is 0 Å². The van der Waals surface area contributed by atoms with Gasteiger partial charge in [0.15, 0.2) is 0 Å². The minimum Gasteiger partial charge on any atom is -0.377 e. The minimum absolute atomic E-state index is 0.193. The quantitative estimate of drug-likeness (QED) is 0.776. The predicted octanol–water partition coefficient (Wildman–Crippen LogP) is 1.98. The first kappa shape index (κ1) is 11.2. The van der Waals surface area contributed by atoms with Gasteiger partial charge in [-0.25, -0.2) is 0 Å². The van der Waals surface area contributed by atoms with Gasteiger partial charge >= 0.3 is 0 Å². The van der Waals surface area contributed by atoms with E-state index in [0.717, 1.165) is 12.8 Å². The monoisotopic (exact) mass is 193 g/mol. The van der Waals surface area contributed by atoms with Crippen LogP contribution in [0.4, 0.5) is 0 Å². The molecule has 1 unspecified atom stereocenters. The Hall–Kier alpha value is -0.860. The minimum atomic E-state index is -0.193. The van der Waals surface area contributed by atoms with Crippen LogP contribution in [0, 0.1) is 0 Å². The summed E-state index contributed by atoms with van der Waals surface area (Å²) >= 11 is 0. The van der Waals surface area contributed by atoms with Gasteiger partial charge in [0.25, 0.3) is 0 Å². The molecule has 0 fully saturated rings. The van der Waals surface area contributed by atoms with Gasteiger partial charge < -0.3 is 10.5 Å². The zero-order valence-corrected chi connectivity index (χ0v) is 8.99. The predicted molar refractivity (Wildman–Crippen MR) is 59.2 cm³/mol. The molecule has 0 heterocycles. The SMILES string of the molecule is CCC(CN)(Cc1ccccc1)OC. The standard InChI is InChI=1S/C12H19NO/c1-3-12(10-13,14-2)9-11-7-5-4-6-8-11/h4-8H,3,9-10,13H2,1-2H3. The third-order valence-electron chi connectivity index (χ3n) is 2.82. The molecule has 1 rings (SSSR count). The fourth-order valence-corrected chi connectivity index (χ4v) is 1.61. The van der Waals surface area contributed by atoms with E-state index in [2.05, 4.69) is 19.1 Å². The normalized spacial score (nSPS) is 15.1. The van der Waals surface area contributed by atoms with Gasteiger partial charge in [-0.2, -0.15) is 0 Å². The molecule has 2 nitrogen and oxygen atoms in total. The number of hydrogen-bond acceptors (Lipinski definition) is 2. The number of nitrogens with two attached hydrogens (primary N) is 1. The second kappa shape index (κ2) is 5.13. The number of benzene rings is 1. The molecule has 0 saturated carbocycles. The van der Waals surface area contributed by atoms with Crippen molar-refractivity contribution in [2.24, 2.45) is 5.73 Å². The lowest BCUT2D eigenvalue weighted by Gasteiger charge is -2.30. The first-order chi connectivity index (χ1) is 6.76. The Morgan fingerprint density at radius 1 is 1.29 bits per heavy atom. The summed E-state index contributed by atoms with van der Waals surface area (Å²) in [5, 5.41) is 0. The molecule has 14 heavy (non-hydrogen) atoms. The molecule has 1 aromatic rings. The highest BCUT2D eigenvalue weighted by Gasteiger charge is 2.25. The zero-order valence-electron chi connectivity index (χ0n) is 8.99. The van der Waals surface area contributed by atoms with E-state index in [4.69, 9.17) is 10.5 Å². The highest BCUT2D eigenvalue weighted by atomic mass is 16.5. The van der Waals surface area contributed by atoms with Crippen molar-refractivity contribution in [3.8, 4) is 0 Å². The number of rotatable bonds is 5. The van der Waals surface area contributed by atoms with Gasteiger partial charge in [0, 0.05) is 20.1 Å². The second-order valence-corrected chi connectivity index (χ2v) is 3.61. The summed E-state index contributed by atoms with van der Waals surface area (Å²) in [6.07, 6.45) is 1.83. The van der Waals surface area contributed by atoms with Crippen molar-refractivity contribution in [2.45, 2.75) is 25.4 Å². The summed E-state index contributed by atoms with van der Waals surface area (Å²) in [5.74, 6) is 0. The molecular weight excluding hydrogens is 174 g/mol. The Bertz CT molecular complexity index is 246. The van der Waals surface area contributed by atoms with Crippen molar-refractivity contribution >= 4 is 0 Å². The summed E-state index contributed by atoms with van der Waals surface area (Å²) in [7, 11) is 1.74. The fourth-order valence-electron chi connectivity index (χ4n) is 1.61. The molecule has 0 bridgehead atoms. The van der Waals surface area contributed by atoms with Gasteiger partial charge in [-0.1, -0.05) is 37.3 Å². The molecule has 0 aliphatic carbocycles. The Morgan fingerprint density at radius 2 is 1.93 bits per heavy atom. The zero-order chi connectivity index (χ0) is 10.4. The third kappa shape index (κ3) is 2.56. The summed E-state index contributed by atoms with van der Waals surface area (Å²) in [6.45, 7) is 2.67. The van der Waals surface area contributed by atoms with Gasteiger partial charge in [0.1, 0.15) is 0 Å². The first-order valence-electron chi connectivity index (χ1n) is 5.05.